The number of hydrogen-bond acceptors (Lipinski definition) is 2. The van der Waals surface area contributed by atoms with Gasteiger partial charge in [-0.25, -0.2) is 0 Å². The number of hydrogen-bond donors (Lipinski definition) is 0. The summed E-state index contributed by atoms with van der Waals surface area (Å²) in [6.07, 6.45) is 20.4. The zero-order chi connectivity index (χ0) is 22.2. The van der Waals surface area contributed by atoms with Crippen LogP contribution in [0.2, 0.25) is 0 Å². The van der Waals surface area contributed by atoms with Crippen LogP contribution in [0.1, 0.15) is 102 Å². The summed E-state index contributed by atoms with van der Waals surface area (Å²) in [6.45, 7) is 0.410. The first kappa shape index (κ1) is 24.5. The third-order valence-corrected chi connectivity index (χ3v) is 9.82. The summed E-state index contributed by atoms with van der Waals surface area (Å²) in [5.41, 5.74) is 1.07. The van der Waals surface area contributed by atoms with Gasteiger partial charge in [0.2, 0.25) is 0 Å². The Kier molecular flexibility index (Phi) is 9.79. The molecule has 3 fully saturated rings. The predicted molar refractivity (Wildman–Crippen MR) is 141 cm³/mol. The normalized spacial score (nSPS) is 31.1. The third kappa shape index (κ3) is 7.74. The minimum Gasteiger partial charge on any atom is -0.461 e. The minimum absolute atomic E-state index is 0.0289. The molecular weight excluding hydrogens is 507 g/mol. The molecule has 0 spiro atoms. The first-order valence-corrected chi connectivity index (χ1v) is 14.7. The zero-order valence-electron chi connectivity index (χ0n) is 19.9. The van der Waals surface area contributed by atoms with Crippen LogP contribution in [0.25, 0.3) is 0 Å². The minimum atomic E-state index is -0.0289. The number of rotatable bonds is 10. The van der Waals surface area contributed by atoms with Crippen LogP contribution in [-0.4, -0.2) is 9.89 Å². The molecule has 0 bridgehead atoms. The number of alkyl halides is 1. The van der Waals surface area contributed by atoms with Gasteiger partial charge in [0.1, 0.15) is 6.61 Å². The molecule has 1 aromatic rings. The van der Waals surface area contributed by atoms with Gasteiger partial charge in [-0.2, -0.15) is 0 Å². The molecule has 0 N–H and O–H groups in total. The summed E-state index contributed by atoms with van der Waals surface area (Å²) in [5, 5.41) is 0. The van der Waals surface area contributed by atoms with Crippen molar-refractivity contribution in [2.75, 3.05) is 0 Å². The Balaban J connectivity index is 1.18. The molecule has 4 rings (SSSR count). The Labute approximate surface area is 209 Å². The average Bonchev–Trinajstić information content (AvgIpc) is 3.11. The van der Waals surface area contributed by atoms with E-state index in [2.05, 4.69) is 22.6 Å². The molecule has 3 saturated carbocycles. The van der Waals surface area contributed by atoms with Gasteiger partial charge in [-0.05, 0) is 86.5 Å². The van der Waals surface area contributed by atoms with E-state index >= 15 is 0 Å². The van der Waals surface area contributed by atoms with Crippen LogP contribution in [-0.2, 0) is 16.1 Å². The SMILES string of the molecule is O=C(CCCC1CCCC1CC1CC(I)CCC(CC2CCC2)C1)OCc1ccccc1. The average molecular weight is 551 g/mol. The summed E-state index contributed by atoms with van der Waals surface area (Å²) in [6, 6.07) is 10.0. The van der Waals surface area contributed by atoms with Crippen molar-refractivity contribution >= 4 is 28.6 Å². The van der Waals surface area contributed by atoms with E-state index in [1.54, 1.807) is 0 Å². The molecule has 0 aromatic heterocycles. The molecule has 32 heavy (non-hydrogen) atoms. The maximum Gasteiger partial charge on any atom is 0.306 e. The second-order valence-corrected chi connectivity index (χ2v) is 12.9. The second-order valence-electron chi connectivity index (χ2n) is 11.1. The fourth-order valence-electron chi connectivity index (χ4n) is 6.74. The van der Waals surface area contributed by atoms with E-state index in [1.165, 1.54) is 83.5 Å². The molecule has 1 aromatic carbocycles. The van der Waals surface area contributed by atoms with E-state index in [0.29, 0.717) is 13.0 Å². The molecule has 2 nitrogen and oxygen atoms in total. The topological polar surface area (TPSA) is 26.3 Å². The molecule has 0 aliphatic heterocycles. The number of carbonyl (C=O) groups excluding carboxylic acids is 1. The molecule has 3 aliphatic rings. The Bertz CT molecular complexity index is 686. The predicted octanol–water partition coefficient (Wildman–Crippen LogP) is 8.51. The van der Waals surface area contributed by atoms with Crippen molar-refractivity contribution in [1.29, 1.82) is 0 Å². The lowest BCUT2D eigenvalue weighted by Crippen LogP contribution is -2.19. The molecule has 5 atom stereocenters. The number of benzene rings is 1. The van der Waals surface area contributed by atoms with Crippen LogP contribution in [0.5, 0.6) is 0 Å². The first-order chi connectivity index (χ1) is 15.7. The largest absolute Gasteiger partial charge is 0.461 e. The fourth-order valence-corrected chi connectivity index (χ4v) is 7.82. The quantitative estimate of drug-likeness (QED) is 0.126. The number of carbonyl (C=O) groups is 1. The Morgan fingerprint density at radius 1 is 0.844 bits per heavy atom. The van der Waals surface area contributed by atoms with Gasteiger partial charge >= 0.3 is 5.97 Å². The van der Waals surface area contributed by atoms with Crippen molar-refractivity contribution < 1.29 is 9.53 Å². The smallest absolute Gasteiger partial charge is 0.306 e. The lowest BCUT2D eigenvalue weighted by Gasteiger charge is -2.31. The Morgan fingerprint density at radius 3 is 2.41 bits per heavy atom. The molecule has 178 valence electrons. The molecule has 5 unspecified atom stereocenters. The van der Waals surface area contributed by atoms with Gasteiger partial charge < -0.3 is 4.74 Å². The van der Waals surface area contributed by atoms with Crippen LogP contribution in [0.4, 0.5) is 0 Å². The third-order valence-electron chi connectivity index (χ3n) is 8.69. The van der Waals surface area contributed by atoms with Gasteiger partial charge in [0.15, 0.2) is 0 Å². The van der Waals surface area contributed by atoms with E-state index in [-0.39, 0.29) is 5.97 Å². The second kappa shape index (κ2) is 12.8. The van der Waals surface area contributed by atoms with E-state index < -0.39 is 0 Å². The highest BCUT2D eigenvalue weighted by molar-refractivity contribution is 14.1. The van der Waals surface area contributed by atoms with Crippen LogP contribution >= 0.6 is 22.6 Å². The van der Waals surface area contributed by atoms with Crippen LogP contribution in [0.3, 0.4) is 0 Å². The summed E-state index contributed by atoms with van der Waals surface area (Å²) in [5.74, 6) is 4.74. The molecular formula is C29H43IO2. The molecule has 0 amide bonds. The van der Waals surface area contributed by atoms with Crippen molar-refractivity contribution in [3.63, 3.8) is 0 Å². The maximum absolute atomic E-state index is 12.2. The summed E-state index contributed by atoms with van der Waals surface area (Å²) < 4.78 is 6.38. The highest BCUT2D eigenvalue weighted by Crippen LogP contribution is 2.45. The number of ether oxygens (including phenoxy) is 1. The molecule has 0 saturated heterocycles. The van der Waals surface area contributed by atoms with E-state index in [1.807, 2.05) is 30.3 Å². The Morgan fingerprint density at radius 2 is 1.62 bits per heavy atom. The van der Waals surface area contributed by atoms with Gasteiger partial charge in [0.25, 0.3) is 0 Å². The van der Waals surface area contributed by atoms with Gasteiger partial charge in [-0.1, -0.05) is 91.4 Å². The fraction of sp³-hybridized carbons (Fsp3) is 0.759. The van der Waals surface area contributed by atoms with Crippen molar-refractivity contribution in [1.82, 2.24) is 0 Å². The van der Waals surface area contributed by atoms with Crippen molar-refractivity contribution in [2.45, 2.75) is 107 Å². The first-order valence-electron chi connectivity index (χ1n) is 13.5. The maximum atomic E-state index is 12.2. The van der Waals surface area contributed by atoms with Gasteiger partial charge in [-0.15, -0.1) is 0 Å². The summed E-state index contributed by atoms with van der Waals surface area (Å²) in [4.78, 5) is 12.2. The van der Waals surface area contributed by atoms with E-state index in [4.69, 9.17) is 4.74 Å². The van der Waals surface area contributed by atoms with Crippen molar-refractivity contribution in [3.05, 3.63) is 35.9 Å². The number of halogens is 1. The van der Waals surface area contributed by atoms with Gasteiger partial charge in [0, 0.05) is 10.3 Å². The lowest BCUT2D eigenvalue weighted by molar-refractivity contribution is -0.145. The van der Waals surface area contributed by atoms with E-state index in [0.717, 1.165) is 45.5 Å². The van der Waals surface area contributed by atoms with Gasteiger partial charge in [0.05, 0.1) is 0 Å². The Hall–Kier alpha value is -0.580. The molecule has 0 radical (unpaired) electrons. The summed E-state index contributed by atoms with van der Waals surface area (Å²) >= 11 is 2.75. The van der Waals surface area contributed by atoms with E-state index in [9.17, 15) is 4.79 Å². The van der Waals surface area contributed by atoms with Crippen LogP contribution < -0.4 is 0 Å². The van der Waals surface area contributed by atoms with Crippen LogP contribution in [0, 0.1) is 29.6 Å². The zero-order valence-corrected chi connectivity index (χ0v) is 22.0. The standard InChI is InChI=1S/C29H43IO2/c30-28-16-15-24(17-22-9-4-10-22)18-25(20-28)19-27-13-5-11-26(27)12-6-14-29(31)32-21-23-7-2-1-3-8-23/h1-3,7-8,22,24-28H,4-6,9-21H2. The van der Waals surface area contributed by atoms with Gasteiger partial charge in [-0.3, -0.25) is 4.79 Å². The summed E-state index contributed by atoms with van der Waals surface area (Å²) in [7, 11) is 0. The molecule has 3 heteroatoms. The van der Waals surface area contributed by atoms with Crippen molar-refractivity contribution in [2.24, 2.45) is 29.6 Å². The van der Waals surface area contributed by atoms with Crippen molar-refractivity contribution in [3.8, 4) is 0 Å². The lowest BCUT2D eigenvalue weighted by atomic mass is 9.74. The highest BCUT2D eigenvalue weighted by Gasteiger charge is 2.33. The molecule has 3 aliphatic carbocycles. The number of esters is 1. The monoisotopic (exact) mass is 550 g/mol. The van der Waals surface area contributed by atoms with Crippen LogP contribution in [0.15, 0.2) is 30.3 Å². The molecule has 0 heterocycles. The highest BCUT2D eigenvalue weighted by atomic mass is 127.